The van der Waals surface area contributed by atoms with E-state index in [1.807, 2.05) is 0 Å². The summed E-state index contributed by atoms with van der Waals surface area (Å²) in [6.45, 7) is 1.67. The highest BCUT2D eigenvalue weighted by atomic mass is 16.2. The average Bonchev–Trinajstić information content (AvgIpc) is 2.20. The minimum Gasteiger partial charge on any atom is -0.370 e. The zero-order chi connectivity index (χ0) is 13.0. The predicted octanol–water partition coefficient (Wildman–Crippen LogP) is -0.621. The second kappa shape index (κ2) is 5.29. The number of amides is 2. The van der Waals surface area contributed by atoms with Gasteiger partial charge in [0.1, 0.15) is 0 Å². The lowest BCUT2D eigenvalue weighted by Crippen LogP contribution is -2.36. The molecule has 1 heterocycles. The summed E-state index contributed by atoms with van der Waals surface area (Å²) in [4.78, 5) is 33.6. The molecule has 0 radical (unpaired) electrons. The second-order valence-electron chi connectivity index (χ2n) is 3.91. The van der Waals surface area contributed by atoms with Crippen molar-refractivity contribution in [2.45, 2.75) is 19.4 Å². The number of aromatic nitrogens is 1. The van der Waals surface area contributed by atoms with Gasteiger partial charge in [-0.05, 0) is 13.0 Å². The molecule has 2 amide bonds. The Labute approximate surface area is 98.4 Å². The molecule has 1 rings (SSSR count). The van der Waals surface area contributed by atoms with E-state index in [0.29, 0.717) is 0 Å². The Morgan fingerprint density at radius 2 is 2.18 bits per heavy atom. The SMILES string of the molecule is CC(CC(N)=O)NC(=O)c1ccn(C)c(=O)c1. The first kappa shape index (κ1) is 13.0. The van der Waals surface area contributed by atoms with Crippen molar-refractivity contribution in [3.05, 3.63) is 34.2 Å². The van der Waals surface area contributed by atoms with Crippen LogP contribution in [0.3, 0.4) is 0 Å². The molecular weight excluding hydrogens is 222 g/mol. The molecule has 0 aromatic carbocycles. The molecule has 1 atom stereocenters. The van der Waals surface area contributed by atoms with Gasteiger partial charge in [-0.15, -0.1) is 0 Å². The molecule has 1 unspecified atom stereocenters. The van der Waals surface area contributed by atoms with Crippen LogP contribution in [0.5, 0.6) is 0 Å². The summed E-state index contributed by atoms with van der Waals surface area (Å²) in [7, 11) is 1.60. The first-order chi connectivity index (χ1) is 7.90. The Morgan fingerprint density at radius 3 is 2.71 bits per heavy atom. The van der Waals surface area contributed by atoms with Crippen LogP contribution in [-0.4, -0.2) is 22.4 Å². The molecule has 6 nitrogen and oxygen atoms in total. The van der Waals surface area contributed by atoms with E-state index in [1.165, 1.54) is 22.9 Å². The number of nitrogens with zero attached hydrogens (tertiary/aromatic N) is 1. The summed E-state index contributed by atoms with van der Waals surface area (Å²) in [5.74, 6) is -0.877. The lowest BCUT2D eigenvalue weighted by molar-refractivity contribution is -0.118. The van der Waals surface area contributed by atoms with Gasteiger partial charge in [0.25, 0.3) is 11.5 Å². The topological polar surface area (TPSA) is 94.2 Å². The summed E-state index contributed by atoms with van der Waals surface area (Å²) >= 11 is 0. The highest BCUT2D eigenvalue weighted by Crippen LogP contribution is 1.97. The monoisotopic (exact) mass is 237 g/mol. The number of pyridine rings is 1. The van der Waals surface area contributed by atoms with Crippen molar-refractivity contribution >= 4 is 11.8 Å². The van der Waals surface area contributed by atoms with Crippen LogP contribution in [-0.2, 0) is 11.8 Å². The third-order valence-electron chi connectivity index (χ3n) is 2.25. The molecule has 17 heavy (non-hydrogen) atoms. The molecule has 0 spiro atoms. The molecule has 3 N–H and O–H groups in total. The predicted molar refractivity (Wildman–Crippen MR) is 62.4 cm³/mol. The van der Waals surface area contributed by atoms with Crippen molar-refractivity contribution in [1.82, 2.24) is 9.88 Å². The van der Waals surface area contributed by atoms with Crippen molar-refractivity contribution in [2.75, 3.05) is 0 Å². The molecule has 0 aliphatic carbocycles. The maximum atomic E-state index is 11.7. The first-order valence-electron chi connectivity index (χ1n) is 5.16. The van der Waals surface area contributed by atoms with E-state index in [2.05, 4.69) is 5.32 Å². The number of aryl methyl sites for hydroxylation is 1. The standard InChI is InChI=1S/C11H15N3O3/c1-7(5-9(12)15)13-11(17)8-3-4-14(2)10(16)6-8/h3-4,6-7H,5H2,1-2H3,(H2,12,15)(H,13,17). The fourth-order valence-corrected chi connectivity index (χ4v) is 1.35. The van der Waals surface area contributed by atoms with Gasteiger partial charge in [0.05, 0.1) is 0 Å². The molecule has 6 heteroatoms. The smallest absolute Gasteiger partial charge is 0.251 e. The summed E-state index contributed by atoms with van der Waals surface area (Å²) in [6.07, 6.45) is 1.58. The van der Waals surface area contributed by atoms with Gasteiger partial charge in [0.15, 0.2) is 0 Å². The van der Waals surface area contributed by atoms with Crippen LogP contribution in [0.4, 0.5) is 0 Å². The second-order valence-corrected chi connectivity index (χ2v) is 3.91. The highest BCUT2D eigenvalue weighted by Gasteiger charge is 2.12. The summed E-state index contributed by atoms with van der Waals surface area (Å²) in [6, 6.07) is 2.42. The molecule has 0 saturated heterocycles. The van der Waals surface area contributed by atoms with E-state index >= 15 is 0 Å². The quantitative estimate of drug-likeness (QED) is 0.730. The van der Waals surface area contributed by atoms with Gasteiger partial charge in [0.2, 0.25) is 5.91 Å². The number of rotatable bonds is 4. The van der Waals surface area contributed by atoms with Crippen molar-refractivity contribution < 1.29 is 9.59 Å². The molecule has 0 aliphatic heterocycles. The van der Waals surface area contributed by atoms with Gasteiger partial charge < -0.3 is 15.6 Å². The van der Waals surface area contributed by atoms with E-state index in [9.17, 15) is 14.4 Å². The van der Waals surface area contributed by atoms with Gasteiger partial charge in [-0.2, -0.15) is 0 Å². The minimum atomic E-state index is -0.484. The van der Waals surface area contributed by atoms with Crippen LogP contribution >= 0.6 is 0 Å². The molecule has 1 aromatic heterocycles. The Hall–Kier alpha value is -2.11. The normalized spacial score (nSPS) is 11.9. The maximum Gasteiger partial charge on any atom is 0.251 e. The van der Waals surface area contributed by atoms with E-state index in [-0.39, 0.29) is 23.6 Å². The van der Waals surface area contributed by atoms with Crippen LogP contribution in [0.25, 0.3) is 0 Å². The number of primary amides is 1. The van der Waals surface area contributed by atoms with Crippen LogP contribution in [0, 0.1) is 0 Å². The molecule has 1 aromatic rings. The lowest BCUT2D eigenvalue weighted by atomic mass is 10.2. The van der Waals surface area contributed by atoms with Crippen LogP contribution in [0.15, 0.2) is 23.1 Å². The van der Waals surface area contributed by atoms with E-state index < -0.39 is 11.8 Å². The van der Waals surface area contributed by atoms with E-state index in [1.54, 1.807) is 14.0 Å². The summed E-state index contributed by atoms with van der Waals surface area (Å²) in [5, 5.41) is 2.59. The number of carbonyl (C=O) groups is 2. The van der Waals surface area contributed by atoms with Crippen LogP contribution < -0.4 is 16.6 Å². The van der Waals surface area contributed by atoms with Crippen LogP contribution in [0.2, 0.25) is 0 Å². The van der Waals surface area contributed by atoms with Gasteiger partial charge >= 0.3 is 0 Å². The van der Waals surface area contributed by atoms with Crippen LogP contribution in [0.1, 0.15) is 23.7 Å². The Kier molecular flexibility index (Phi) is 4.03. The summed E-state index contributed by atoms with van der Waals surface area (Å²) < 4.78 is 1.36. The zero-order valence-corrected chi connectivity index (χ0v) is 9.77. The summed E-state index contributed by atoms with van der Waals surface area (Å²) in [5.41, 5.74) is 5.01. The first-order valence-corrected chi connectivity index (χ1v) is 5.16. The fourth-order valence-electron chi connectivity index (χ4n) is 1.35. The van der Waals surface area contributed by atoms with E-state index in [4.69, 9.17) is 5.73 Å². The minimum absolute atomic E-state index is 0.0661. The number of nitrogens with one attached hydrogen (secondary N) is 1. The Morgan fingerprint density at radius 1 is 1.53 bits per heavy atom. The molecule has 0 aliphatic rings. The number of hydrogen-bond acceptors (Lipinski definition) is 3. The average molecular weight is 237 g/mol. The molecule has 0 saturated carbocycles. The van der Waals surface area contributed by atoms with Gasteiger partial charge in [-0.3, -0.25) is 14.4 Å². The number of hydrogen-bond donors (Lipinski definition) is 2. The third-order valence-corrected chi connectivity index (χ3v) is 2.25. The number of nitrogens with two attached hydrogens (primary N) is 1. The highest BCUT2D eigenvalue weighted by molar-refractivity contribution is 5.94. The third kappa shape index (κ3) is 3.75. The molecular formula is C11H15N3O3. The van der Waals surface area contributed by atoms with Crippen molar-refractivity contribution in [3.63, 3.8) is 0 Å². The largest absolute Gasteiger partial charge is 0.370 e. The van der Waals surface area contributed by atoms with Gasteiger partial charge in [0, 0.05) is 37.3 Å². The lowest BCUT2D eigenvalue weighted by Gasteiger charge is -2.11. The zero-order valence-electron chi connectivity index (χ0n) is 9.77. The van der Waals surface area contributed by atoms with Gasteiger partial charge in [-0.1, -0.05) is 0 Å². The van der Waals surface area contributed by atoms with Crippen molar-refractivity contribution in [2.24, 2.45) is 12.8 Å². The Balaban J connectivity index is 2.73. The molecule has 0 bridgehead atoms. The van der Waals surface area contributed by atoms with Crippen molar-refractivity contribution in [3.8, 4) is 0 Å². The van der Waals surface area contributed by atoms with Crippen molar-refractivity contribution in [1.29, 1.82) is 0 Å². The molecule has 92 valence electrons. The fraction of sp³-hybridized carbons (Fsp3) is 0.364. The molecule has 0 fully saturated rings. The number of carbonyl (C=O) groups excluding carboxylic acids is 2. The van der Waals surface area contributed by atoms with E-state index in [0.717, 1.165) is 0 Å². The Bertz CT molecular complexity index is 493. The van der Waals surface area contributed by atoms with Gasteiger partial charge in [-0.25, -0.2) is 0 Å². The maximum absolute atomic E-state index is 11.7.